The highest BCUT2D eigenvalue weighted by molar-refractivity contribution is 7.99. The Labute approximate surface area is 137 Å². The average molecular weight is 328 g/mol. The van der Waals surface area contributed by atoms with Crippen molar-refractivity contribution in [3.63, 3.8) is 0 Å². The van der Waals surface area contributed by atoms with Crippen LogP contribution in [-0.2, 0) is 12.8 Å². The van der Waals surface area contributed by atoms with E-state index in [1.807, 2.05) is 31.3 Å². The van der Waals surface area contributed by atoms with E-state index in [0.29, 0.717) is 0 Å². The molecule has 3 aromatic heterocycles. The lowest BCUT2D eigenvalue weighted by atomic mass is 9.97. The first-order valence-corrected chi connectivity index (χ1v) is 9.09. The van der Waals surface area contributed by atoms with E-state index in [1.165, 1.54) is 35.1 Å². The van der Waals surface area contributed by atoms with Crippen molar-refractivity contribution in [1.82, 2.24) is 19.9 Å². The summed E-state index contributed by atoms with van der Waals surface area (Å²) in [7, 11) is 0. The Balaban J connectivity index is 1.82. The molecule has 4 nitrogen and oxygen atoms in total. The quantitative estimate of drug-likeness (QED) is 0.523. The summed E-state index contributed by atoms with van der Waals surface area (Å²) >= 11 is 3.38. The first-order chi connectivity index (χ1) is 10.7. The van der Waals surface area contributed by atoms with E-state index in [1.54, 1.807) is 18.1 Å². The van der Waals surface area contributed by atoms with Crippen molar-refractivity contribution in [1.29, 1.82) is 0 Å². The molecule has 6 heteroatoms. The molecule has 3 aromatic rings. The van der Waals surface area contributed by atoms with Gasteiger partial charge >= 0.3 is 0 Å². The first kappa shape index (κ1) is 14.1. The van der Waals surface area contributed by atoms with Gasteiger partial charge in [0.05, 0.1) is 0 Å². The molecule has 112 valence electrons. The number of aromatic nitrogens is 4. The number of hydrogen-bond donors (Lipinski definition) is 0. The van der Waals surface area contributed by atoms with Crippen LogP contribution in [0.4, 0.5) is 0 Å². The van der Waals surface area contributed by atoms with E-state index in [0.717, 1.165) is 32.8 Å². The summed E-state index contributed by atoms with van der Waals surface area (Å²) in [5.74, 6) is 0. The molecule has 0 bridgehead atoms. The fourth-order valence-electron chi connectivity index (χ4n) is 2.96. The van der Waals surface area contributed by atoms with E-state index in [9.17, 15) is 0 Å². The molecule has 0 unspecified atom stereocenters. The summed E-state index contributed by atoms with van der Waals surface area (Å²) in [6.45, 7) is 4.00. The van der Waals surface area contributed by atoms with Gasteiger partial charge < -0.3 is 0 Å². The number of rotatable bonds is 2. The maximum absolute atomic E-state index is 4.53. The zero-order valence-corrected chi connectivity index (χ0v) is 14.2. The maximum atomic E-state index is 4.53. The Hall–Kier alpha value is -1.53. The van der Waals surface area contributed by atoms with E-state index in [-0.39, 0.29) is 0 Å². The molecule has 22 heavy (non-hydrogen) atoms. The van der Waals surface area contributed by atoms with Gasteiger partial charge in [0.1, 0.15) is 16.2 Å². The van der Waals surface area contributed by atoms with E-state index in [2.05, 4.69) is 19.9 Å². The van der Waals surface area contributed by atoms with Crippen molar-refractivity contribution in [3.8, 4) is 0 Å². The summed E-state index contributed by atoms with van der Waals surface area (Å²) in [5, 5.41) is 3.00. The van der Waals surface area contributed by atoms with Crippen LogP contribution >= 0.6 is 23.1 Å². The second-order valence-corrected chi connectivity index (χ2v) is 7.64. The zero-order chi connectivity index (χ0) is 15.1. The highest BCUT2D eigenvalue weighted by atomic mass is 32.2. The lowest BCUT2D eigenvalue weighted by Gasteiger charge is -2.11. The molecule has 0 aromatic carbocycles. The minimum atomic E-state index is 0.772. The molecule has 0 atom stereocenters. The number of hydrogen-bond acceptors (Lipinski definition) is 6. The van der Waals surface area contributed by atoms with Crippen LogP contribution in [0.3, 0.4) is 0 Å². The van der Waals surface area contributed by atoms with Crippen LogP contribution in [0.25, 0.3) is 10.2 Å². The molecule has 1 aliphatic carbocycles. The maximum Gasteiger partial charge on any atom is 0.194 e. The lowest BCUT2D eigenvalue weighted by molar-refractivity contribution is 0.699. The van der Waals surface area contributed by atoms with Gasteiger partial charge in [-0.15, -0.1) is 11.3 Å². The molecule has 1 aliphatic rings. The highest BCUT2D eigenvalue weighted by Gasteiger charge is 2.20. The largest absolute Gasteiger partial charge is 0.229 e. The molecule has 0 spiro atoms. The van der Waals surface area contributed by atoms with Crippen LogP contribution < -0.4 is 0 Å². The third-order valence-corrected chi connectivity index (χ3v) is 5.93. The van der Waals surface area contributed by atoms with E-state index < -0.39 is 0 Å². The van der Waals surface area contributed by atoms with Gasteiger partial charge in [-0.05, 0) is 62.9 Å². The van der Waals surface area contributed by atoms with Crippen molar-refractivity contribution in [2.24, 2.45) is 0 Å². The van der Waals surface area contributed by atoms with E-state index >= 15 is 0 Å². The predicted molar refractivity (Wildman–Crippen MR) is 89.7 cm³/mol. The summed E-state index contributed by atoms with van der Waals surface area (Å²) in [6.07, 6.45) is 6.54. The standard InChI is InChI=1S/C16H16N4S2/c1-9-7-10(2)20-16(19-9)22-15-13-11-5-3-4-6-12(11)21-14(13)17-8-18-15/h7-8H,3-6H2,1-2H3. The average Bonchev–Trinajstić information content (AvgIpc) is 2.85. The van der Waals surface area contributed by atoms with Gasteiger partial charge in [-0.25, -0.2) is 19.9 Å². The number of fused-ring (bicyclic) bond motifs is 3. The molecule has 0 N–H and O–H groups in total. The zero-order valence-electron chi connectivity index (χ0n) is 12.6. The molecule has 3 heterocycles. The Bertz CT molecular complexity index is 836. The van der Waals surface area contributed by atoms with Gasteiger partial charge in [0.25, 0.3) is 0 Å². The third kappa shape index (κ3) is 2.50. The van der Waals surface area contributed by atoms with Gasteiger partial charge in [-0.1, -0.05) is 0 Å². The molecule has 0 saturated carbocycles. The van der Waals surface area contributed by atoms with Crippen LogP contribution in [0.1, 0.15) is 34.7 Å². The molecular formula is C16H16N4S2. The smallest absolute Gasteiger partial charge is 0.194 e. The van der Waals surface area contributed by atoms with Crippen molar-refractivity contribution in [2.75, 3.05) is 0 Å². The van der Waals surface area contributed by atoms with Crippen molar-refractivity contribution < 1.29 is 0 Å². The minimum Gasteiger partial charge on any atom is -0.229 e. The Morgan fingerprint density at radius 1 is 1.05 bits per heavy atom. The van der Waals surface area contributed by atoms with Gasteiger partial charge in [-0.3, -0.25) is 0 Å². The predicted octanol–water partition coefficient (Wildman–Crippen LogP) is 4.13. The third-order valence-electron chi connectivity index (χ3n) is 3.87. The lowest BCUT2D eigenvalue weighted by Crippen LogP contribution is -1.99. The Morgan fingerprint density at radius 3 is 2.64 bits per heavy atom. The second-order valence-electron chi connectivity index (χ2n) is 5.61. The van der Waals surface area contributed by atoms with Gasteiger partial charge in [0, 0.05) is 21.7 Å². The molecular weight excluding hydrogens is 312 g/mol. The van der Waals surface area contributed by atoms with E-state index in [4.69, 9.17) is 0 Å². The molecule has 4 rings (SSSR count). The second kappa shape index (κ2) is 5.59. The highest BCUT2D eigenvalue weighted by Crippen LogP contribution is 2.40. The van der Waals surface area contributed by atoms with Gasteiger partial charge in [0.15, 0.2) is 5.16 Å². The molecule has 0 aliphatic heterocycles. The monoisotopic (exact) mass is 328 g/mol. The van der Waals surface area contributed by atoms with Gasteiger partial charge in [0.2, 0.25) is 0 Å². The first-order valence-electron chi connectivity index (χ1n) is 7.46. The summed E-state index contributed by atoms with van der Waals surface area (Å²) in [4.78, 5) is 20.6. The fourth-order valence-corrected chi connectivity index (χ4v) is 5.23. The van der Waals surface area contributed by atoms with Crippen LogP contribution in [0.2, 0.25) is 0 Å². The summed E-state index contributed by atoms with van der Waals surface area (Å²) < 4.78 is 0. The van der Waals surface area contributed by atoms with Crippen molar-refractivity contribution >= 4 is 33.3 Å². The minimum absolute atomic E-state index is 0.772. The molecule has 0 saturated heterocycles. The Morgan fingerprint density at radius 2 is 1.82 bits per heavy atom. The Kier molecular flexibility index (Phi) is 3.58. The van der Waals surface area contributed by atoms with Crippen LogP contribution in [-0.4, -0.2) is 19.9 Å². The van der Waals surface area contributed by atoms with Crippen LogP contribution in [0.15, 0.2) is 22.6 Å². The fraction of sp³-hybridized carbons (Fsp3) is 0.375. The number of thiophene rings is 1. The van der Waals surface area contributed by atoms with Crippen LogP contribution in [0, 0.1) is 13.8 Å². The molecule has 0 fully saturated rings. The van der Waals surface area contributed by atoms with Gasteiger partial charge in [-0.2, -0.15) is 0 Å². The summed E-state index contributed by atoms with van der Waals surface area (Å²) in [5.41, 5.74) is 3.44. The SMILES string of the molecule is Cc1cc(C)nc(Sc2ncnc3sc4c(c23)CCCC4)n1. The van der Waals surface area contributed by atoms with Crippen molar-refractivity contribution in [3.05, 3.63) is 34.2 Å². The summed E-state index contributed by atoms with van der Waals surface area (Å²) in [6, 6.07) is 1.99. The van der Waals surface area contributed by atoms with Crippen LogP contribution in [0.5, 0.6) is 0 Å². The number of nitrogens with zero attached hydrogens (tertiary/aromatic N) is 4. The topological polar surface area (TPSA) is 51.6 Å². The molecule has 0 amide bonds. The molecule has 0 radical (unpaired) electrons. The normalized spacial score (nSPS) is 14.3. The van der Waals surface area contributed by atoms with Crippen molar-refractivity contribution in [2.45, 2.75) is 49.7 Å². The number of aryl methyl sites for hydroxylation is 4.